The van der Waals surface area contributed by atoms with Gasteiger partial charge in [0.2, 0.25) is 0 Å². The third-order valence-corrected chi connectivity index (χ3v) is 8.73. The summed E-state index contributed by atoms with van der Waals surface area (Å²) in [4.78, 5) is 0. The average molecular weight is 581 g/mol. The van der Waals surface area contributed by atoms with Gasteiger partial charge >= 0.3 is 0 Å². The van der Waals surface area contributed by atoms with E-state index in [1.807, 2.05) is 24.3 Å². The minimum Gasteiger partial charge on any atom is -0.399 e. The second-order valence-corrected chi connectivity index (χ2v) is 12.4. The number of nitrogens with two attached hydrogens (primary N) is 2. The Labute approximate surface area is 265 Å². The van der Waals surface area contributed by atoms with E-state index < -0.39 is 0 Å². The fourth-order valence-corrected chi connectivity index (χ4v) is 6.08. The molecule has 44 heavy (non-hydrogen) atoms. The molecule has 0 aliphatic carbocycles. The number of hydrogen-bond acceptors (Lipinski definition) is 2. The lowest BCUT2D eigenvalue weighted by molar-refractivity contribution is 0.784. The van der Waals surface area contributed by atoms with Crippen molar-refractivity contribution in [2.45, 2.75) is 78.1 Å². The van der Waals surface area contributed by atoms with Crippen LogP contribution in [0, 0.1) is 0 Å². The Morgan fingerprint density at radius 1 is 0.364 bits per heavy atom. The van der Waals surface area contributed by atoms with Crippen molar-refractivity contribution in [3.05, 3.63) is 165 Å². The van der Waals surface area contributed by atoms with Crippen LogP contribution in [0.5, 0.6) is 0 Å². The summed E-state index contributed by atoms with van der Waals surface area (Å²) in [7, 11) is 0. The Balaban J connectivity index is 1.31. The summed E-state index contributed by atoms with van der Waals surface area (Å²) >= 11 is 0. The summed E-state index contributed by atoms with van der Waals surface area (Å²) < 4.78 is 0. The Morgan fingerprint density at radius 2 is 0.682 bits per heavy atom. The number of hydrogen-bond donors (Lipinski definition) is 2. The lowest BCUT2D eigenvalue weighted by Gasteiger charge is -2.15. The van der Waals surface area contributed by atoms with Crippen LogP contribution in [-0.4, -0.2) is 0 Å². The highest BCUT2D eigenvalue weighted by Gasteiger charge is 2.10. The van der Waals surface area contributed by atoms with E-state index in [-0.39, 0.29) is 0 Å². The SMILES string of the molecule is CCCCc1cc(Cc2ccc(N)cc2)ccc1Cc1ccc(Cc2ccc(Cc3ccc(N)cc3)cc2)c(CCCC)c1. The monoisotopic (exact) mass is 580 g/mol. The van der Waals surface area contributed by atoms with Gasteiger partial charge in [0, 0.05) is 11.4 Å². The topological polar surface area (TPSA) is 52.0 Å². The van der Waals surface area contributed by atoms with Crippen molar-refractivity contribution < 1.29 is 0 Å². The van der Waals surface area contributed by atoms with Gasteiger partial charge in [0.05, 0.1) is 0 Å². The molecule has 5 aromatic carbocycles. The van der Waals surface area contributed by atoms with E-state index in [4.69, 9.17) is 11.5 Å². The number of unbranched alkanes of at least 4 members (excludes halogenated alkanes) is 2. The third kappa shape index (κ3) is 8.86. The predicted molar refractivity (Wildman–Crippen MR) is 189 cm³/mol. The maximum absolute atomic E-state index is 5.91. The van der Waals surface area contributed by atoms with Crippen molar-refractivity contribution in [3.63, 3.8) is 0 Å². The van der Waals surface area contributed by atoms with Crippen LogP contribution < -0.4 is 11.5 Å². The fraction of sp³-hybridized carbons (Fsp3) is 0.286. The molecule has 0 radical (unpaired) electrons. The highest BCUT2D eigenvalue weighted by molar-refractivity contribution is 5.44. The highest BCUT2D eigenvalue weighted by Crippen LogP contribution is 2.25. The fourth-order valence-electron chi connectivity index (χ4n) is 6.08. The molecule has 0 bridgehead atoms. The molecule has 2 nitrogen and oxygen atoms in total. The van der Waals surface area contributed by atoms with Crippen molar-refractivity contribution in [2.24, 2.45) is 0 Å². The van der Waals surface area contributed by atoms with Crippen LogP contribution in [-0.2, 0) is 38.5 Å². The smallest absolute Gasteiger partial charge is 0.0314 e. The highest BCUT2D eigenvalue weighted by atomic mass is 14.5. The van der Waals surface area contributed by atoms with Crippen LogP contribution in [0.25, 0.3) is 0 Å². The van der Waals surface area contributed by atoms with Gasteiger partial charge < -0.3 is 11.5 Å². The van der Waals surface area contributed by atoms with Crippen molar-refractivity contribution in [1.29, 1.82) is 0 Å². The minimum atomic E-state index is 0.814. The predicted octanol–water partition coefficient (Wildman–Crippen LogP) is 9.90. The van der Waals surface area contributed by atoms with Crippen molar-refractivity contribution >= 4 is 11.4 Å². The summed E-state index contributed by atoms with van der Waals surface area (Å²) in [6, 6.07) is 40.0. The first kappa shape index (κ1) is 31.1. The molecule has 0 aliphatic heterocycles. The number of aryl methyl sites for hydroxylation is 2. The van der Waals surface area contributed by atoms with Crippen LogP contribution in [0.4, 0.5) is 11.4 Å². The van der Waals surface area contributed by atoms with Crippen molar-refractivity contribution in [2.75, 3.05) is 11.5 Å². The molecule has 0 spiro atoms. The van der Waals surface area contributed by atoms with Crippen molar-refractivity contribution in [3.8, 4) is 0 Å². The largest absolute Gasteiger partial charge is 0.399 e. The first-order valence-electron chi connectivity index (χ1n) is 16.5. The summed E-state index contributed by atoms with van der Waals surface area (Å²) in [5.74, 6) is 0. The minimum absolute atomic E-state index is 0.814. The van der Waals surface area contributed by atoms with Gasteiger partial charge in [0.25, 0.3) is 0 Å². The molecule has 4 N–H and O–H groups in total. The zero-order chi connectivity index (χ0) is 30.7. The van der Waals surface area contributed by atoms with E-state index in [1.54, 1.807) is 0 Å². The molecular formula is C42H48N2. The van der Waals surface area contributed by atoms with Crippen LogP contribution in [0.2, 0.25) is 0 Å². The van der Waals surface area contributed by atoms with Gasteiger partial charge in [0.1, 0.15) is 0 Å². The number of benzene rings is 5. The maximum atomic E-state index is 5.91. The summed E-state index contributed by atoms with van der Waals surface area (Å²) in [6.45, 7) is 4.57. The Kier molecular flexibility index (Phi) is 10.9. The molecule has 0 aliphatic rings. The van der Waals surface area contributed by atoms with E-state index in [0.29, 0.717) is 0 Å². The Hall–Kier alpha value is -4.30. The Bertz CT molecular complexity index is 1610. The molecule has 226 valence electrons. The average Bonchev–Trinajstić information content (AvgIpc) is 3.04. The van der Waals surface area contributed by atoms with E-state index in [1.165, 1.54) is 81.3 Å². The van der Waals surface area contributed by atoms with Gasteiger partial charge in [-0.25, -0.2) is 0 Å². The summed E-state index contributed by atoms with van der Waals surface area (Å²) in [5, 5.41) is 0. The molecule has 0 aromatic heterocycles. The van der Waals surface area contributed by atoms with Gasteiger partial charge in [-0.05, 0) is 131 Å². The molecule has 0 unspecified atom stereocenters. The first-order chi connectivity index (χ1) is 21.5. The van der Waals surface area contributed by atoms with E-state index in [9.17, 15) is 0 Å². The van der Waals surface area contributed by atoms with E-state index in [0.717, 1.165) is 49.9 Å². The molecule has 5 aromatic rings. The van der Waals surface area contributed by atoms with Crippen molar-refractivity contribution in [1.82, 2.24) is 0 Å². The van der Waals surface area contributed by atoms with Crippen LogP contribution >= 0.6 is 0 Å². The van der Waals surface area contributed by atoms with Crippen LogP contribution in [0.15, 0.2) is 109 Å². The third-order valence-electron chi connectivity index (χ3n) is 8.73. The normalized spacial score (nSPS) is 11.1. The quantitative estimate of drug-likeness (QED) is 0.128. The lowest BCUT2D eigenvalue weighted by atomic mass is 9.90. The molecule has 0 saturated heterocycles. The van der Waals surface area contributed by atoms with Crippen LogP contribution in [0.3, 0.4) is 0 Å². The molecule has 0 saturated carbocycles. The Morgan fingerprint density at radius 3 is 1.11 bits per heavy atom. The standard InChI is InChI=1S/C42H48N2/c1-3-5-7-37-28-35(26-33-17-23-42(44)24-18-33)13-19-40(37)30-36-14-20-39(38(29-36)8-6-4-2)27-34-11-9-31(10-12-34)25-32-15-21-41(43)22-16-32/h9-24,28-29H,3-8,25-27,30,43-44H2,1-2H3. The lowest BCUT2D eigenvalue weighted by Crippen LogP contribution is -2.02. The van der Waals surface area contributed by atoms with E-state index in [2.05, 4.69) is 98.8 Å². The molecule has 0 atom stereocenters. The molecule has 0 heterocycles. The van der Waals surface area contributed by atoms with Gasteiger partial charge in [-0.2, -0.15) is 0 Å². The zero-order valence-corrected chi connectivity index (χ0v) is 26.6. The second-order valence-electron chi connectivity index (χ2n) is 12.4. The van der Waals surface area contributed by atoms with Gasteiger partial charge in [-0.3, -0.25) is 0 Å². The maximum Gasteiger partial charge on any atom is 0.0314 e. The van der Waals surface area contributed by atoms with Gasteiger partial charge in [0.15, 0.2) is 0 Å². The summed E-state index contributed by atoms with van der Waals surface area (Å²) in [5.41, 5.74) is 27.4. The van der Waals surface area contributed by atoms with E-state index >= 15 is 0 Å². The molecule has 0 amide bonds. The number of anilines is 2. The zero-order valence-electron chi connectivity index (χ0n) is 26.6. The molecular weight excluding hydrogens is 532 g/mol. The molecule has 5 rings (SSSR count). The number of rotatable bonds is 14. The summed E-state index contributed by atoms with van der Waals surface area (Å²) in [6.07, 6.45) is 11.0. The van der Waals surface area contributed by atoms with Gasteiger partial charge in [-0.1, -0.05) is 112 Å². The second kappa shape index (κ2) is 15.4. The first-order valence-corrected chi connectivity index (χ1v) is 16.5. The molecule has 2 heteroatoms. The number of nitrogen functional groups attached to an aromatic ring is 2. The molecule has 0 fully saturated rings. The van der Waals surface area contributed by atoms with Crippen LogP contribution in [0.1, 0.15) is 95.2 Å². The van der Waals surface area contributed by atoms with Gasteiger partial charge in [-0.15, -0.1) is 0 Å².